The van der Waals surface area contributed by atoms with E-state index in [1.165, 1.54) is 13.1 Å². The molecule has 2 bridgehead atoms. The van der Waals surface area contributed by atoms with Gasteiger partial charge in [-0.1, -0.05) is 20.8 Å². The number of fused-ring (bicyclic) bond motifs is 2. The molecule has 2 aliphatic heterocycles. The zero-order valence-electron chi connectivity index (χ0n) is 9.92. The van der Waals surface area contributed by atoms with E-state index in [9.17, 15) is 0 Å². The minimum atomic E-state index is 0.445. The van der Waals surface area contributed by atoms with Gasteiger partial charge in [0.05, 0.1) is 13.2 Å². The molecule has 0 aromatic carbocycles. The average molecular weight is 197 g/mol. The Bertz CT molecular complexity index is 195. The van der Waals surface area contributed by atoms with Gasteiger partial charge >= 0.3 is 0 Å². The molecule has 2 aliphatic rings. The van der Waals surface area contributed by atoms with Crippen molar-refractivity contribution < 1.29 is 4.74 Å². The maximum Gasteiger partial charge on any atom is 0.0509 e. The van der Waals surface area contributed by atoms with Crippen LogP contribution in [0, 0.1) is 23.2 Å². The number of hydrogen-bond acceptors (Lipinski definition) is 2. The van der Waals surface area contributed by atoms with Gasteiger partial charge in [-0.05, 0) is 30.2 Å². The number of piperidine rings is 1. The third-order valence-corrected chi connectivity index (χ3v) is 3.77. The van der Waals surface area contributed by atoms with E-state index in [0.29, 0.717) is 5.41 Å². The summed E-state index contributed by atoms with van der Waals surface area (Å²) in [4.78, 5) is 2.47. The van der Waals surface area contributed by atoms with Crippen molar-refractivity contribution in [1.29, 1.82) is 0 Å². The molecular weight excluding hydrogens is 174 g/mol. The highest BCUT2D eigenvalue weighted by atomic mass is 16.5. The lowest BCUT2D eigenvalue weighted by Crippen LogP contribution is -2.54. The molecule has 2 nitrogen and oxygen atoms in total. The van der Waals surface area contributed by atoms with Crippen LogP contribution in [-0.4, -0.2) is 38.3 Å². The molecule has 2 heterocycles. The molecule has 14 heavy (non-hydrogen) atoms. The van der Waals surface area contributed by atoms with Gasteiger partial charge < -0.3 is 9.64 Å². The Morgan fingerprint density at radius 3 is 2.00 bits per heavy atom. The van der Waals surface area contributed by atoms with Crippen LogP contribution in [0.25, 0.3) is 0 Å². The van der Waals surface area contributed by atoms with Gasteiger partial charge in [0.15, 0.2) is 0 Å². The Morgan fingerprint density at radius 1 is 1.07 bits per heavy atom. The third kappa shape index (κ3) is 1.82. The minimum Gasteiger partial charge on any atom is -0.381 e. The van der Waals surface area contributed by atoms with Gasteiger partial charge in [-0.3, -0.25) is 0 Å². The van der Waals surface area contributed by atoms with E-state index in [1.807, 2.05) is 0 Å². The Kier molecular flexibility index (Phi) is 2.61. The predicted octanol–water partition coefficient (Wildman–Crippen LogP) is 1.86. The topological polar surface area (TPSA) is 12.5 Å². The van der Waals surface area contributed by atoms with Crippen LogP contribution >= 0.6 is 0 Å². The van der Waals surface area contributed by atoms with E-state index in [1.54, 1.807) is 0 Å². The second kappa shape index (κ2) is 3.49. The predicted molar refractivity (Wildman–Crippen MR) is 58.2 cm³/mol. The molecule has 82 valence electrons. The Balaban J connectivity index is 2.17. The molecule has 2 rings (SSSR count). The van der Waals surface area contributed by atoms with Crippen LogP contribution < -0.4 is 0 Å². The van der Waals surface area contributed by atoms with Gasteiger partial charge in [0, 0.05) is 13.1 Å². The summed E-state index contributed by atoms with van der Waals surface area (Å²) in [6.45, 7) is 11.5. The van der Waals surface area contributed by atoms with Crippen molar-refractivity contribution in [3.05, 3.63) is 0 Å². The summed E-state index contributed by atoms with van der Waals surface area (Å²) in [5.41, 5.74) is 0.445. The van der Waals surface area contributed by atoms with E-state index < -0.39 is 0 Å². The molecule has 2 heteroatoms. The second-order valence-electron chi connectivity index (χ2n) is 6.17. The van der Waals surface area contributed by atoms with Gasteiger partial charge in [0.25, 0.3) is 0 Å². The maximum absolute atomic E-state index is 5.68. The number of nitrogens with zero attached hydrogens (tertiary/aromatic N) is 1. The van der Waals surface area contributed by atoms with E-state index in [0.717, 1.165) is 31.0 Å². The number of hydrogen-bond donors (Lipinski definition) is 0. The van der Waals surface area contributed by atoms with Crippen molar-refractivity contribution >= 4 is 0 Å². The van der Waals surface area contributed by atoms with E-state index in [2.05, 4.69) is 32.7 Å². The zero-order valence-corrected chi connectivity index (χ0v) is 9.92. The molecule has 2 saturated heterocycles. The highest BCUT2D eigenvalue weighted by molar-refractivity contribution is 4.93. The molecule has 0 N–H and O–H groups in total. The van der Waals surface area contributed by atoms with Gasteiger partial charge in [0.2, 0.25) is 0 Å². The lowest BCUT2D eigenvalue weighted by Gasteiger charge is -2.51. The van der Waals surface area contributed by atoms with Crippen LogP contribution in [0.2, 0.25) is 0 Å². The Labute approximate surface area is 87.6 Å². The summed E-state index contributed by atoms with van der Waals surface area (Å²) in [5, 5.41) is 0. The van der Waals surface area contributed by atoms with Crippen LogP contribution in [0.5, 0.6) is 0 Å². The van der Waals surface area contributed by atoms with Crippen LogP contribution in [0.4, 0.5) is 0 Å². The summed E-state index contributed by atoms with van der Waals surface area (Å²) in [5.74, 6) is 2.37. The molecule has 2 unspecified atom stereocenters. The van der Waals surface area contributed by atoms with Crippen LogP contribution in [0.3, 0.4) is 0 Å². The normalized spacial score (nSPS) is 39.9. The SMILES string of the molecule is CN1CC2COCC(C1)C2C(C)(C)C. The highest BCUT2D eigenvalue weighted by Crippen LogP contribution is 2.43. The molecule has 0 aliphatic carbocycles. The summed E-state index contributed by atoms with van der Waals surface area (Å²) in [7, 11) is 2.24. The molecule has 0 aromatic rings. The fourth-order valence-corrected chi connectivity index (χ4v) is 3.58. The monoisotopic (exact) mass is 197 g/mol. The summed E-state index contributed by atoms with van der Waals surface area (Å²) >= 11 is 0. The van der Waals surface area contributed by atoms with Gasteiger partial charge in [-0.25, -0.2) is 0 Å². The van der Waals surface area contributed by atoms with E-state index in [-0.39, 0.29) is 0 Å². The van der Waals surface area contributed by atoms with Crippen molar-refractivity contribution in [3.63, 3.8) is 0 Å². The molecular formula is C12H23NO. The highest BCUT2D eigenvalue weighted by Gasteiger charge is 2.44. The van der Waals surface area contributed by atoms with Crippen LogP contribution in [0.1, 0.15) is 20.8 Å². The zero-order chi connectivity index (χ0) is 10.3. The molecule has 0 amide bonds. The lowest BCUT2D eigenvalue weighted by atomic mass is 9.64. The number of likely N-dealkylation sites (tertiary alicyclic amines) is 1. The van der Waals surface area contributed by atoms with Gasteiger partial charge in [0.1, 0.15) is 0 Å². The number of ether oxygens (including phenoxy) is 1. The van der Waals surface area contributed by atoms with Gasteiger partial charge in [-0.2, -0.15) is 0 Å². The molecule has 0 radical (unpaired) electrons. The quantitative estimate of drug-likeness (QED) is 0.587. The van der Waals surface area contributed by atoms with Crippen LogP contribution in [0.15, 0.2) is 0 Å². The first-order chi connectivity index (χ1) is 6.48. The fraction of sp³-hybridized carbons (Fsp3) is 1.00. The molecule has 2 atom stereocenters. The first kappa shape index (κ1) is 10.4. The van der Waals surface area contributed by atoms with E-state index in [4.69, 9.17) is 4.74 Å². The third-order valence-electron chi connectivity index (χ3n) is 3.77. The Morgan fingerprint density at radius 2 is 1.57 bits per heavy atom. The molecule has 0 spiro atoms. The summed E-state index contributed by atoms with van der Waals surface area (Å²) in [6.07, 6.45) is 0. The summed E-state index contributed by atoms with van der Waals surface area (Å²) in [6, 6.07) is 0. The molecule has 0 aromatic heterocycles. The van der Waals surface area contributed by atoms with Crippen molar-refractivity contribution in [1.82, 2.24) is 4.90 Å². The smallest absolute Gasteiger partial charge is 0.0509 e. The maximum atomic E-state index is 5.68. The molecule has 2 fully saturated rings. The van der Waals surface area contributed by atoms with Crippen LogP contribution in [-0.2, 0) is 4.74 Å². The van der Waals surface area contributed by atoms with Crippen molar-refractivity contribution in [2.75, 3.05) is 33.4 Å². The summed E-state index contributed by atoms with van der Waals surface area (Å²) < 4.78 is 5.68. The van der Waals surface area contributed by atoms with Crippen molar-refractivity contribution in [2.24, 2.45) is 23.2 Å². The van der Waals surface area contributed by atoms with Crippen molar-refractivity contribution in [3.8, 4) is 0 Å². The largest absolute Gasteiger partial charge is 0.381 e. The first-order valence-corrected chi connectivity index (χ1v) is 5.75. The Hall–Kier alpha value is -0.0800. The average Bonchev–Trinajstić information content (AvgIpc) is 1.99. The standard InChI is InChI=1S/C12H23NO/c1-12(2,3)11-9-5-13(4)6-10(11)8-14-7-9/h9-11H,5-8H2,1-4H3. The minimum absolute atomic E-state index is 0.445. The van der Waals surface area contributed by atoms with E-state index >= 15 is 0 Å². The lowest BCUT2D eigenvalue weighted by molar-refractivity contribution is -0.112. The number of rotatable bonds is 0. The van der Waals surface area contributed by atoms with Crippen molar-refractivity contribution in [2.45, 2.75) is 20.8 Å². The molecule has 0 saturated carbocycles. The fourth-order valence-electron chi connectivity index (χ4n) is 3.58. The second-order valence-corrected chi connectivity index (χ2v) is 6.17. The first-order valence-electron chi connectivity index (χ1n) is 5.75. The van der Waals surface area contributed by atoms with Gasteiger partial charge in [-0.15, -0.1) is 0 Å².